The van der Waals surface area contributed by atoms with E-state index in [4.69, 9.17) is 4.74 Å². The van der Waals surface area contributed by atoms with Gasteiger partial charge in [0.25, 0.3) is 0 Å². The molecule has 3 saturated heterocycles. The lowest BCUT2D eigenvalue weighted by atomic mass is 9.66. The van der Waals surface area contributed by atoms with Crippen molar-refractivity contribution >= 4 is 29.5 Å². The molecule has 2 amide bonds. The second-order valence-electron chi connectivity index (χ2n) is 12.1. The smallest absolute Gasteiger partial charge is 0.311 e. The Balaban J connectivity index is 1.74. The normalized spacial score (nSPS) is 33.3. The van der Waals surface area contributed by atoms with Crippen LogP contribution in [-0.4, -0.2) is 80.1 Å². The third-order valence-corrected chi connectivity index (χ3v) is 11.4. The van der Waals surface area contributed by atoms with Crippen molar-refractivity contribution in [2.45, 2.75) is 106 Å². The second kappa shape index (κ2) is 11.7. The fourth-order valence-corrected chi connectivity index (χ4v) is 9.90. The molecule has 1 spiro atoms. The Bertz CT molecular complexity index is 934. The molecule has 6 atom stereocenters. The molecule has 1 aliphatic carbocycles. The standard InChI is InChI=1S/C30H46N2O5S/c1-6-8-12-18-37-28(36)24-23-26(34)32(22(19-33)20(3)4)25(30(23)16-15-29(24,5)38-30)27(35)31(17-7-2)21-13-10-9-11-14-21/h6-7,20-25,33H,1-2,8-19H2,3-5H3/t22-,23-,24+,25?,29-,30?/m0/s1. The lowest BCUT2D eigenvalue weighted by Crippen LogP contribution is -2.60. The van der Waals surface area contributed by atoms with Crippen LogP contribution in [0.3, 0.4) is 0 Å². The van der Waals surface area contributed by atoms with Gasteiger partial charge in [0.15, 0.2) is 0 Å². The average molecular weight is 547 g/mol. The molecule has 38 heavy (non-hydrogen) atoms. The molecular weight excluding hydrogens is 500 g/mol. The van der Waals surface area contributed by atoms with Crippen LogP contribution >= 0.6 is 11.8 Å². The zero-order valence-electron chi connectivity index (χ0n) is 23.4. The first-order valence-electron chi connectivity index (χ1n) is 14.5. The second-order valence-corrected chi connectivity index (χ2v) is 14.0. The highest BCUT2D eigenvalue weighted by atomic mass is 32.2. The molecule has 2 unspecified atom stereocenters. The largest absolute Gasteiger partial charge is 0.465 e. The van der Waals surface area contributed by atoms with Gasteiger partial charge < -0.3 is 19.6 Å². The number of thioether (sulfide) groups is 1. The molecule has 7 nitrogen and oxygen atoms in total. The molecule has 1 N–H and O–H groups in total. The number of ether oxygens (including phenoxy) is 1. The molecule has 1 saturated carbocycles. The van der Waals surface area contributed by atoms with Gasteiger partial charge in [-0.25, -0.2) is 0 Å². The van der Waals surface area contributed by atoms with Crippen molar-refractivity contribution in [2.75, 3.05) is 19.8 Å². The van der Waals surface area contributed by atoms with E-state index in [1.807, 2.05) is 18.7 Å². The molecule has 8 heteroatoms. The predicted molar refractivity (Wildman–Crippen MR) is 150 cm³/mol. The lowest BCUT2D eigenvalue weighted by molar-refractivity contribution is -0.156. The first-order valence-corrected chi connectivity index (χ1v) is 15.3. The highest BCUT2D eigenvalue weighted by Crippen LogP contribution is 2.72. The van der Waals surface area contributed by atoms with Gasteiger partial charge in [-0.3, -0.25) is 14.4 Å². The minimum atomic E-state index is -0.716. The molecule has 3 heterocycles. The summed E-state index contributed by atoms with van der Waals surface area (Å²) in [5, 5.41) is 10.4. The van der Waals surface area contributed by atoms with Crippen molar-refractivity contribution < 1.29 is 24.2 Å². The van der Waals surface area contributed by atoms with Gasteiger partial charge in [-0.2, -0.15) is 0 Å². The van der Waals surface area contributed by atoms with Crippen molar-refractivity contribution in [3.05, 3.63) is 25.3 Å². The Morgan fingerprint density at radius 1 is 1.21 bits per heavy atom. The molecule has 3 aliphatic heterocycles. The van der Waals surface area contributed by atoms with E-state index in [0.717, 1.165) is 38.5 Å². The third kappa shape index (κ3) is 4.85. The van der Waals surface area contributed by atoms with Crippen molar-refractivity contribution in [1.82, 2.24) is 9.80 Å². The van der Waals surface area contributed by atoms with Crippen LogP contribution in [0.25, 0.3) is 0 Å². The minimum absolute atomic E-state index is 0.0425. The maximum atomic E-state index is 14.6. The van der Waals surface area contributed by atoms with Crippen LogP contribution < -0.4 is 0 Å². The highest BCUT2D eigenvalue weighted by Gasteiger charge is 2.78. The Kier molecular flexibility index (Phi) is 9.02. The molecule has 0 aromatic rings. The number of allylic oxidation sites excluding steroid dienone is 1. The molecule has 4 aliphatic rings. The van der Waals surface area contributed by atoms with Gasteiger partial charge in [0.2, 0.25) is 11.8 Å². The minimum Gasteiger partial charge on any atom is -0.465 e. The van der Waals surface area contributed by atoms with Crippen LogP contribution in [0.1, 0.15) is 78.6 Å². The number of carbonyl (C=O) groups is 3. The summed E-state index contributed by atoms with van der Waals surface area (Å²) >= 11 is 1.66. The summed E-state index contributed by atoms with van der Waals surface area (Å²) in [5.41, 5.74) is 0. The van der Waals surface area contributed by atoms with Gasteiger partial charge in [-0.05, 0) is 51.4 Å². The molecule has 0 aromatic heterocycles. The van der Waals surface area contributed by atoms with Crippen LogP contribution in [0, 0.1) is 17.8 Å². The number of esters is 1. The first-order chi connectivity index (χ1) is 18.2. The fraction of sp³-hybridized carbons (Fsp3) is 0.767. The van der Waals surface area contributed by atoms with Crippen molar-refractivity contribution in [2.24, 2.45) is 17.8 Å². The zero-order chi connectivity index (χ0) is 27.7. The van der Waals surface area contributed by atoms with Gasteiger partial charge in [-0.1, -0.05) is 45.3 Å². The number of carbonyl (C=O) groups excluding carboxylic acids is 3. The first kappa shape index (κ1) is 29.2. The van der Waals surface area contributed by atoms with E-state index in [9.17, 15) is 19.5 Å². The topological polar surface area (TPSA) is 87.1 Å². The third-order valence-electron chi connectivity index (χ3n) is 9.44. The van der Waals surface area contributed by atoms with Crippen LogP contribution in [0.5, 0.6) is 0 Å². The van der Waals surface area contributed by atoms with Crippen LogP contribution in [0.4, 0.5) is 0 Å². The fourth-order valence-electron chi connectivity index (χ4n) is 7.58. The van der Waals surface area contributed by atoms with Gasteiger partial charge in [-0.15, -0.1) is 24.9 Å². The van der Waals surface area contributed by atoms with E-state index in [2.05, 4.69) is 20.1 Å². The van der Waals surface area contributed by atoms with E-state index in [1.54, 1.807) is 28.8 Å². The Labute approximate surface area is 232 Å². The summed E-state index contributed by atoms with van der Waals surface area (Å²) in [6.07, 6.45) is 11.7. The van der Waals surface area contributed by atoms with E-state index < -0.39 is 33.4 Å². The maximum Gasteiger partial charge on any atom is 0.311 e. The number of amides is 2. The van der Waals surface area contributed by atoms with Crippen molar-refractivity contribution in [3.8, 4) is 0 Å². The summed E-state index contributed by atoms with van der Waals surface area (Å²) < 4.78 is 4.56. The number of hydrogen-bond acceptors (Lipinski definition) is 6. The lowest BCUT2D eigenvalue weighted by Gasteiger charge is -2.43. The maximum absolute atomic E-state index is 14.6. The summed E-state index contributed by atoms with van der Waals surface area (Å²) in [4.78, 5) is 46.2. The van der Waals surface area contributed by atoms with Crippen molar-refractivity contribution in [3.63, 3.8) is 0 Å². The molecule has 4 fully saturated rings. The van der Waals surface area contributed by atoms with Gasteiger partial charge in [0.1, 0.15) is 6.04 Å². The van der Waals surface area contributed by atoms with Gasteiger partial charge in [0, 0.05) is 17.3 Å². The SMILES string of the molecule is C=CCCCOC(=O)[C@H]1[C@H]2C(=O)N([C@@H](CO)C(C)C)C(C(=O)N(CC=C)C3CCCCC3)C23CC[C@]1(C)S3. The number of aliphatic hydroxyl groups is 1. The number of likely N-dealkylation sites (tertiary alicyclic amines) is 1. The van der Waals surface area contributed by atoms with E-state index in [0.29, 0.717) is 26.0 Å². The van der Waals surface area contributed by atoms with E-state index in [1.165, 1.54) is 6.42 Å². The highest BCUT2D eigenvalue weighted by molar-refractivity contribution is 8.02. The van der Waals surface area contributed by atoms with Crippen LogP contribution in [0.2, 0.25) is 0 Å². The van der Waals surface area contributed by atoms with E-state index in [-0.39, 0.29) is 36.4 Å². The Hall–Kier alpha value is -1.80. The molecule has 212 valence electrons. The number of rotatable bonds is 12. The zero-order valence-corrected chi connectivity index (χ0v) is 24.2. The van der Waals surface area contributed by atoms with Crippen molar-refractivity contribution in [1.29, 1.82) is 0 Å². The number of fused-ring (bicyclic) bond motifs is 1. The summed E-state index contributed by atoms with van der Waals surface area (Å²) in [6.45, 7) is 14.2. The number of hydrogen-bond donors (Lipinski definition) is 1. The van der Waals surface area contributed by atoms with Gasteiger partial charge >= 0.3 is 5.97 Å². The van der Waals surface area contributed by atoms with Gasteiger partial charge in [0.05, 0.1) is 35.8 Å². The predicted octanol–water partition coefficient (Wildman–Crippen LogP) is 4.34. The van der Waals surface area contributed by atoms with Crippen LogP contribution in [-0.2, 0) is 19.1 Å². The summed E-state index contributed by atoms with van der Waals surface area (Å²) in [6, 6.07) is -1.09. The number of aliphatic hydroxyl groups excluding tert-OH is 1. The number of unbranched alkanes of at least 4 members (excludes halogenated alkanes) is 1. The summed E-state index contributed by atoms with van der Waals surface area (Å²) in [5.74, 6) is -1.84. The Morgan fingerprint density at radius 2 is 1.92 bits per heavy atom. The molecule has 0 radical (unpaired) electrons. The van der Waals surface area contributed by atoms with Crippen LogP contribution in [0.15, 0.2) is 25.3 Å². The molecular formula is C30H46N2O5S. The van der Waals surface area contributed by atoms with E-state index >= 15 is 0 Å². The molecule has 2 bridgehead atoms. The average Bonchev–Trinajstić information content (AvgIpc) is 3.46. The monoisotopic (exact) mass is 546 g/mol. The molecule has 0 aromatic carbocycles. The quantitative estimate of drug-likeness (QED) is 0.223. The summed E-state index contributed by atoms with van der Waals surface area (Å²) in [7, 11) is 0. The molecule has 4 rings (SSSR count). The Morgan fingerprint density at radius 3 is 2.53 bits per heavy atom. The number of nitrogens with zero attached hydrogens (tertiary/aromatic N) is 2.